The zero-order valence-corrected chi connectivity index (χ0v) is 13.5. The maximum Gasteiger partial charge on any atom is 0.223 e. The molecular weight excluding hydrogens is 291 g/mol. The van der Waals surface area contributed by atoms with Crippen LogP contribution in [0.3, 0.4) is 0 Å². The Balaban J connectivity index is 1.61. The van der Waals surface area contributed by atoms with Gasteiger partial charge in [-0.05, 0) is 36.2 Å². The SMILES string of the molecule is CN(Cc1ccccc1)C(=O)CCNCCc1ccc(F)cc1. The molecule has 2 aromatic rings. The van der Waals surface area contributed by atoms with Gasteiger partial charge in [0.15, 0.2) is 0 Å². The van der Waals surface area contributed by atoms with Crippen LogP contribution >= 0.6 is 0 Å². The molecule has 0 aliphatic carbocycles. The van der Waals surface area contributed by atoms with Gasteiger partial charge in [-0.3, -0.25) is 4.79 Å². The van der Waals surface area contributed by atoms with Crippen LogP contribution in [0.4, 0.5) is 4.39 Å². The normalized spacial score (nSPS) is 10.5. The van der Waals surface area contributed by atoms with Gasteiger partial charge < -0.3 is 10.2 Å². The lowest BCUT2D eigenvalue weighted by Gasteiger charge is -2.17. The number of nitrogens with zero attached hydrogens (tertiary/aromatic N) is 1. The summed E-state index contributed by atoms with van der Waals surface area (Å²) >= 11 is 0. The first-order valence-electron chi connectivity index (χ1n) is 7.88. The second-order valence-corrected chi connectivity index (χ2v) is 5.61. The maximum atomic E-state index is 12.8. The Morgan fingerprint density at radius 3 is 2.39 bits per heavy atom. The van der Waals surface area contributed by atoms with Crippen molar-refractivity contribution in [2.45, 2.75) is 19.4 Å². The molecule has 0 heterocycles. The molecule has 0 bridgehead atoms. The first-order chi connectivity index (χ1) is 11.1. The van der Waals surface area contributed by atoms with Crippen LogP contribution in [0.15, 0.2) is 54.6 Å². The minimum Gasteiger partial charge on any atom is -0.341 e. The molecule has 0 spiro atoms. The van der Waals surface area contributed by atoms with Crippen LogP contribution in [0.5, 0.6) is 0 Å². The fourth-order valence-electron chi connectivity index (χ4n) is 2.34. The van der Waals surface area contributed by atoms with Gasteiger partial charge in [0.05, 0.1) is 0 Å². The van der Waals surface area contributed by atoms with E-state index in [4.69, 9.17) is 0 Å². The molecule has 1 N–H and O–H groups in total. The van der Waals surface area contributed by atoms with Gasteiger partial charge in [0.25, 0.3) is 0 Å². The lowest BCUT2D eigenvalue weighted by Crippen LogP contribution is -2.30. The Bertz CT molecular complexity index is 599. The van der Waals surface area contributed by atoms with Crippen LogP contribution in [0, 0.1) is 5.82 Å². The fraction of sp³-hybridized carbons (Fsp3) is 0.316. The van der Waals surface area contributed by atoms with E-state index in [1.165, 1.54) is 12.1 Å². The van der Waals surface area contributed by atoms with Crippen molar-refractivity contribution in [3.8, 4) is 0 Å². The molecule has 0 aromatic heterocycles. The molecule has 0 saturated heterocycles. The number of rotatable bonds is 8. The smallest absolute Gasteiger partial charge is 0.223 e. The summed E-state index contributed by atoms with van der Waals surface area (Å²) in [5.74, 6) is -0.0862. The standard InChI is InChI=1S/C19H23FN2O/c1-22(15-17-5-3-2-4-6-17)19(23)12-14-21-13-11-16-7-9-18(20)10-8-16/h2-10,21H,11-15H2,1H3. The van der Waals surface area contributed by atoms with Gasteiger partial charge in [-0.25, -0.2) is 4.39 Å². The zero-order chi connectivity index (χ0) is 16.5. The van der Waals surface area contributed by atoms with Gasteiger partial charge in [0.2, 0.25) is 5.91 Å². The second-order valence-electron chi connectivity index (χ2n) is 5.61. The molecule has 23 heavy (non-hydrogen) atoms. The predicted octanol–water partition coefficient (Wildman–Crippen LogP) is 3.01. The lowest BCUT2D eigenvalue weighted by molar-refractivity contribution is -0.130. The number of hydrogen-bond acceptors (Lipinski definition) is 2. The third-order valence-electron chi connectivity index (χ3n) is 3.71. The number of nitrogens with one attached hydrogen (secondary N) is 1. The molecule has 0 fully saturated rings. The van der Waals surface area contributed by atoms with Crippen molar-refractivity contribution < 1.29 is 9.18 Å². The molecule has 0 unspecified atom stereocenters. The summed E-state index contributed by atoms with van der Waals surface area (Å²) in [6.45, 7) is 2.07. The third-order valence-corrected chi connectivity index (χ3v) is 3.71. The van der Waals surface area contributed by atoms with Gasteiger partial charge in [-0.1, -0.05) is 42.5 Å². The highest BCUT2D eigenvalue weighted by Crippen LogP contribution is 2.04. The van der Waals surface area contributed by atoms with Crippen molar-refractivity contribution in [3.05, 3.63) is 71.5 Å². The van der Waals surface area contributed by atoms with Gasteiger partial charge in [0.1, 0.15) is 5.82 Å². The van der Waals surface area contributed by atoms with Gasteiger partial charge in [-0.2, -0.15) is 0 Å². The number of halogens is 1. The van der Waals surface area contributed by atoms with Gasteiger partial charge >= 0.3 is 0 Å². The summed E-state index contributed by atoms with van der Waals surface area (Å²) < 4.78 is 12.8. The minimum atomic E-state index is -0.214. The minimum absolute atomic E-state index is 0.128. The molecule has 0 aliphatic rings. The number of carbonyl (C=O) groups excluding carboxylic acids is 1. The zero-order valence-electron chi connectivity index (χ0n) is 13.5. The number of benzene rings is 2. The van der Waals surface area contributed by atoms with Crippen LogP contribution in [0.2, 0.25) is 0 Å². The number of amides is 1. The molecule has 0 aliphatic heterocycles. The average molecular weight is 314 g/mol. The van der Waals surface area contributed by atoms with E-state index in [-0.39, 0.29) is 11.7 Å². The highest BCUT2D eigenvalue weighted by atomic mass is 19.1. The molecule has 2 rings (SSSR count). The first kappa shape index (κ1) is 17.2. The molecule has 0 radical (unpaired) electrons. The van der Waals surface area contributed by atoms with Crippen molar-refractivity contribution in [3.63, 3.8) is 0 Å². The van der Waals surface area contributed by atoms with Crippen molar-refractivity contribution in [1.82, 2.24) is 10.2 Å². The summed E-state index contributed by atoms with van der Waals surface area (Å²) in [7, 11) is 1.83. The highest BCUT2D eigenvalue weighted by Gasteiger charge is 2.08. The van der Waals surface area contributed by atoms with E-state index >= 15 is 0 Å². The largest absolute Gasteiger partial charge is 0.341 e. The summed E-state index contributed by atoms with van der Waals surface area (Å²) in [6, 6.07) is 16.5. The van der Waals surface area contributed by atoms with Crippen molar-refractivity contribution >= 4 is 5.91 Å². The van der Waals surface area contributed by atoms with Crippen molar-refractivity contribution in [1.29, 1.82) is 0 Å². The summed E-state index contributed by atoms with van der Waals surface area (Å²) in [6.07, 6.45) is 1.31. The van der Waals surface area contributed by atoms with Crippen LogP contribution in [-0.4, -0.2) is 30.9 Å². The quantitative estimate of drug-likeness (QED) is 0.760. The van der Waals surface area contributed by atoms with Gasteiger partial charge in [-0.15, -0.1) is 0 Å². The first-order valence-corrected chi connectivity index (χ1v) is 7.88. The van der Waals surface area contributed by atoms with E-state index in [1.54, 1.807) is 17.0 Å². The van der Waals surface area contributed by atoms with E-state index in [0.717, 1.165) is 24.1 Å². The Labute approximate surface area is 137 Å². The van der Waals surface area contributed by atoms with Gasteiger partial charge in [0, 0.05) is 26.6 Å². The fourth-order valence-corrected chi connectivity index (χ4v) is 2.34. The second kappa shape index (κ2) is 9.06. The van der Waals surface area contributed by atoms with Crippen LogP contribution in [0.25, 0.3) is 0 Å². The third kappa shape index (κ3) is 6.20. The van der Waals surface area contributed by atoms with Crippen LogP contribution < -0.4 is 5.32 Å². The predicted molar refractivity (Wildman–Crippen MR) is 90.5 cm³/mol. The van der Waals surface area contributed by atoms with Crippen LogP contribution in [-0.2, 0) is 17.8 Å². The summed E-state index contributed by atoms with van der Waals surface area (Å²) in [5.41, 5.74) is 2.22. The summed E-state index contributed by atoms with van der Waals surface area (Å²) in [5, 5.41) is 3.26. The van der Waals surface area contributed by atoms with Crippen molar-refractivity contribution in [2.75, 3.05) is 20.1 Å². The summed E-state index contributed by atoms with van der Waals surface area (Å²) in [4.78, 5) is 13.8. The molecule has 3 nitrogen and oxygen atoms in total. The Morgan fingerprint density at radius 2 is 1.70 bits per heavy atom. The Kier molecular flexibility index (Phi) is 6.76. The average Bonchev–Trinajstić information content (AvgIpc) is 2.57. The Hall–Kier alpha value is -2.20. The monoisotopic (exact) mass is 314 g/mol. The van der Waals surface area contributed by atoms with Crippen molar-refractivity contribution in [2.24, 2.45) is 0 Å². The molecule has 4 heteroatoms. The van der Waals surface area contributed by atoms with E-state index in [2.05, 4.69) is 5.32 Å². The highest BCUT2D eigenvalue weighted by molar-refractivity contribution is 5.76. The lowest BCUT2D eigenvalue weighted by atomic mass is 10.1. The molecular formula is C19H23FN2O. The van der Waals surface area contributed by atoms with Crippen LogP contribution in [0.1, 0.15) is 17.5 Å². The molecule has 0 atom stereocenters. The maximum absolute atomic E-state index is 12.8. The molecule has 0 saturated carbocycles. The van der Waals surface area contributed by atoms with E-state index < -0.39 is 0 Å². The molecule has 1 amide bonds. The van der Waals surface area contributed by atoms with E-state index in [9.17, 15) is 9.18 Å². The number of hydrogen-bond donors (Lipinski definition) is 1. The Morgan fingerprint density at radius 1 is 1.00 bits per heavy atom. The van der Waals surface area contributed by atoms with E-state index in [1.807, 2.05) is 37.4 Å². The molecule has 2 aromatic carbocycles. The number of carbonyl (C=O) groups is 1. The topological polar surface area (TPSA) is 32.3 Å². The van der Waals surface area contributed by atoms with E-state index in [0.29, 0.717) is 19.5 Å². The molecule has 122 valence electrons.